The summed E-state index contributed by atoms with van der Waals surface area (Å²) in [5.41, 5.74) is 1.06. The van der Waals surface area contributed by atoms with Gasteiger partial charge in [-0.2, -0.15) is 0 Å². The van der Waals surface area contributed by atoms with Crippen LogP contribution in [-0.4, -0.2) is 25.7 Å². The molecule has 0 radical (unpaired) electrons. The largest absolute Gasteiger partial charge is 0.324 e. The van der Waals surface area contributed by atoms with E-state index in [-0.39, 0.29) is 24.1 Å². The topological polar surface area (TPSA) is 41.1 Å². The van der Waals surface area contributed by atoms with Crippen LogP contribution in [0.2, 0.25) is 0 Å². The third-order valence-corrected chi connectivity index (χ3v) is 3.18. The van der Waals surface area contributed by atoms with Crippen LogP contribution in [-0.2, 0) is 4.79 Å². The minimum atomic E-state index is -1.07. The number of hydrogen-bond acceptors (Lipinski definition) is 2. The molecule has 0 aliphatic carbocycles. The van der Waals surface area contributed by atoms with Crippen LogP contribution in [0.1, 0.15) is 24.3 Å². The first kappa shape index (κ1) is 15.9. The Morgan fingerprint density at radius 2 is 2.05 bits per heavy atom. The molecule has 0 atom stereocenters. The van der Waals surface area contributed by atoms with Crippen LogP contribution in [0.3, 0.4) is 0 Å². The monoisotopic (exact) mass is 290 g/mol. The van der Waals surface area contributed by atoms with Crippen molar-refractivity contribution in [2.24, 2.45) is 0 Å². The smallest absolute Gasteiger partial charge is 0.255 e. The fourth-order valence-corrected chi connectivity index (χ4v) is 2.26. The molecule has 2 N–H and O–H groups in total. The van der Waals surface area contributed by atoms with Gasteiger partial charge in [0, 0.05) is 5.69 Å². The fraction of sp³-hybridized carbons (Fsp3) is 0.462. The Labute approximate surface area is 117 Å². The number of alkyl halides is 1. The van der Waals surface area contributed by atoms with Crippen molar-refractivity contribution in [3.05, 3.63) is 29.6 Å². The van der Waals surface area contributed by atoms with Crippen molar-refractivity contribution in [2.75, 3.05) is 25.1 Å². The molecule has 1 aromatic carbocycles. The Kier molecular flexibility index (Phi) is 6.18. The van der Waals surface area contributed by atoms with E-state index in [9.17, 15) is 13.6 Å². The zero-order valence-electron chi connectivity index (χ0n) is 10.4. The second kappa shape index (κ2) is 7.40. The molecule has 1 aromatic rings. The molecular weight excluding hydrogens is 274 g/mol. The van der Waals surface area contributed by atoms with Gasteiger partial charge in [0.1, 0.15) is 5.82 Å². The van der Waals surface area contributed by atoms with Crippen LogP contribution in [0.5, 0.6) is 0 Å². The lowest BCUT2D eigenvalue weighted by atomic mass is 9.89. The van der Waals surface area contributed by atoms with Crippen molar-refractivity contribution in [2.45, 2.75) is 18.8 Å². The van der Waals surface area contributed by atoms with Crippen LogP contribution in [0.4, 0.5) is 14.5 Å². The molecule has 0 unspecified atom stereocenters. The van der Waals surface area contributed by atoms with Crippen LogP contribution < -0.4 is 10.6 Å². The Hall–Kier alpha value is -1.20. The number of nitrogens with one attached hydrogen (secondary N) is 2. The van der Waals surface area contributed by atoms with Gasteiger partial charge < -0.3 is 10.6 Å². The van der Waals surface area contributed by atoms with Crippen LogP contribution in [0.25, 0.3) is 0 Å². The molecule has 0 bridgehead atoms. The number of carbonyl (C=O) groups excluding carboxylic acids is 1. The Bertz CT molecular complexity index is 437. The normalized spacial score (nSPS) is 15.7. The molecule has 1 amide bonds. The standard InChI is InChI=1S/C13H16F2N2O.ClH/c14-8-13(18)17-10-1-2-12(15)11(7-10)9-3-5-16-6-4-9;/h1-2,7,9,16H,3-6,8H2,(H,17,18);1H. The second-order valence-corrected chi connectivity index (χ2v) is 4.44. The van der Waals surface area contributed by atoms with Crippen molar-refractivity contribution in [3.8, 4) is 0 Å². The first-order valence-electron chi connectivity index (χ1n) is 6.06. The van der Waals surface area contributed by atoms with Crippen molar-refractivity contribution in [1.82, 2.24) is 5.32 Å². The molecule has 0 aromatic heterocycles. The number of rotatable bonds is 3. The molecule has 1 saturated heterocycles. The summed E-state index contributed by atoms with van der Waals surface area (Å²) in [6, 6.07) is 4.39. The van der Waals surface area contributed by atoms with Gasteiger partial charge in [-0.15, -0.1) is 12.4 Å². The zero-order chi connectivity index (χ0) is 13.0. The van der Waals surface area contributed by atoms with Gasteiger partial charge in [-0.25, -0.2) is 8.78 Å². The molecule has 0 saturated carbocycles. The molecule has 1 aliphatic rings. The first-order valence-corrected chi connectivity index (χ1v) is 6.06. The summed E-state index contributed by atoms with van der Waals surface area (Å²) in [5, 5.41) is 5.62. The summed E-state index contributed by atoms with van der Waals surface area (Å²) >= 11 is 0. The number of carbonyl (C=O) groups is 1. The highest BCUT2D eigenvalue weighted by atomic mass is 35.5. The molecule has 3 nitrogen and oxygen atoms in total. The lowest BCUT2D eigenvalue weighted by Crippen LogP contribution is -2.27. The van der Waals surface area contributed by atoms with E-state index in [4.69, 9.17) is 0 Å². The number of amides is 1. The highest BCUT2D eigenvalue weighted by Crippen LogP contribution is 2.29. The number of hydrogen-bond donors (Lipinski definition) is 2. The Balaban J connectivity index is 0.00000180. The molecule has 0 spiro atoms. The third-order valence-electron chi connectivity index (χ3n) is 3.18. The summed E-state index contributed by atoms with van der Waals surface area (Å²) in [6.07, 6.45) is 1.74. The van der Waals surface area contributed by atoms with E-state index in [1.165, 1.54) is 12.1 Å². The quantitative estimate of drug-likeness (QED) is 0.898. The van der Waals surface area contributed by atoms with Gasteiger partial charge in [0.25, 0.3) is 5.91 Å². The van der Waals surface area contributed by atoms with Gasteiger partial charge in [-0.05, 0) is 55.6 Å². The maximum Gasteiger partial charge on any atom is 0.255 e. The average molecular weight is 291 g/mol. The maximum absolute atomic E-state index is 13.8. The van der Waals surface area contributed by atoms with Gasteiger partial charge in [0.05, 0.1) is 0 Å². The van der Waals surface area contributed by atoms with E-state index in [1.807, 2.05) is 0 Å². The second-order valence-electron chi connectivity index (χ2n) is 4.44. The molecule has 6 heteroatoms. The van der Waals surface area contributed by atoms with E-state index in [0.29, 0.717) is 11.3 Å². The zero-order valence-corrected chi connectivity index (χ0v) is 11.2. The molecular formula is C13H17ClF2N2O. The molecule has 106 valence electrons. The molecule has 19 heavy (non-hydrogen) atoms. The van der Waals surface area contributed by atoms with Crippen molar-refractivity contribution in [3.63, 3.8) is 0 Å². The Morgan fingerprint density at radius 3 is 2.68 bits per heavy atom. The van der Waals surface area contributed by atoms with E-state index >= 15 is 0 Å². The lowest BCUT2D eigenvalue weighted by Gasteiger charge is -2.23. The molecule has 1 aliphatic heterocycles. The number of anilines is 1. The summed E-state index contributed by atoms with van der Waals surface area (Å²) in [6.45, 7) is 0.663. The number of halogens is 3. The number of piperidine rings is 1. The lowest BCUT2D eigenvalue weighted by molar-refractivity contribution is -0.117. The predicted octanol–water partition coefficient (Wildman–Crippen LogP) is 2.62. The third kappa shape index (κ3) is 4.14. The van der Waals surface area contributed by atoms with E-state index in [2.05, 4.69) is 10.6 Å². The summed E-state index contributed by atoms with van der Waals surface area (Å²) in [5.74, 6) is -0.813. The molecule has 1 heterocycles. The van der Waals surface area contributed by atoms with Crippen LogP contribution in [0.15, 0.2) is 18.2 Å². The highest BCUT2D eigenvalue weighted by molar-refractivity contribution is 5.91. The average Bonchev–Trinajstić information content (AvgIpc) is 2.42. The molecule has 2 rings (SSSR count). The summed E-state index contributed by atoms with van der Waals surface area (Å²) in [4.78, 5) is 11.0. The van der Waals surface area contributed by atoms with Crippen molar-refractivity contribution in [1.29, 1.82) is 0 Å². The highest BCUT2D eigenvalue weighted by Gasteiger charge is 2.19. The first-order chi connectivity index (χ1) is 8.70. The number of benzene rings is 1. The minimum absolute atomic E-state index is 0. The SMILES string of the molecule is Cl.O=C(CF)Nc1ccc(F)c(C2CCNCC2)c1. The van der Waals surface area contributed by atoms with Gasteiger partial charge >= 0.3 is 0 Å². The Morgan fingerprint density at radius 1 is 1.37 bits per heavy atom. The predicted molar refractivity (Wildman–Crippen MR) is 73.1 cm³/mol. The molecule has 1 fully saturated rings. The fourth-order valence-electron chi connectivity index (χ4n) is 2.26. The van der Waals surface area contributed by atoms with Crippen molar-refractivity contribution >= 4 is 24.0 Å². The summed E-state index contributed by atoms with van der Waals surface area (Å²) in [7, 11) is 0. The van der Waals surface area contributed by atoms with E-state index in [0.717, 1.165) is 25.9 Å². The van der Waals surface area contributed by atoms with Gasteiger partial charge in [0.15, 0.2) is 6.67 Å². The summed E-state index contributed by atoms with van der Waals surface area (Å²) < 4.78 is 25.9. The van der Waals surface area contributed by atoms with E-state index < -0.39 is 12.6 Å². The van der Waals surface area contributed by atoms with Gasteiger partial charge in [-0.1, -0.05) is 0 Å². The van der Waals surface area contributed by atoms with E-state index in [1.54, 1.807) is 6.07 Å². The van der Waals surface area contributed by atoms with Crippen molar-refractivity contribution < 1.29 is 13.6 Å². The van der Waals surface area contributed by atoms with Crippen LogP contribution in [0, 0.1) is 5.82 Å². The van der Waals surface area contributed by atoms with Gasteiger partial charge in [0.2, 0.25) is 0 Å². The maximum atomic E-state index is 13.8. The van der Waals surface area contributed by atoms with Crippen LogP contribution >= 0.6 is 12.4 Å². The van der Waals surface area contributed by atoms with Gasteiger partial charge in [-0.3, -0.25) is 4.79 Å². The minimum Gasteiger partial charge on any atom is -0.324 e.